The second-order valence-electron chi connectivity index (χ2n) is 7.53. The highest BCUT2D eigenvalue weighted by molar-refractivity contribution is 5.57. The number of hydrogen-bond donors (Lipinski definition) is 1. The molecule has 1 aromatic carbocycles. The molecule has 2 fully saturated rings. The number of fused-ring (bicyclic) bond motifs is 2. The first kappa shape index (κ1) is 17.3. The Morgan fingerprint density at radius 3 is 2.65 bits per heavy atom. The van der Waals surface area contributed by atoms with E-state index in [4.69, 9.17) is 4.74 Å². The molecule has 0 radical (unpaired) electrons. The summed E-state index contributed by atoms with van der Waals surface area (Å²) in [6.07, 6.45) is 11.9. The van der Waals surface area contributed by atoms with Crippen molar-refractivity contribution in [3.8, 4) is 5.75 Å². The van der Waals surface area contributed by atoms with Gasteiger partial charge in [0.05, 0.1) is 7.11 Å². The van der Waals surface area contributed by atoms with Crippen LogP contribution in [0.4, 0.5) is 0 Å². The van der Waals surface area contributed by atoms with E-state index in [1.807, 2.05) is 36.0 Å². The number of imidazole rings is 1. The maximum absolute atomic E-state index is 11.2. The molecule has 5 heteroatoms. The summed E-state index contributed by atoms with van der Waals surface area (Å²) in [5, 5.41) is 11.2. The molecule has 2 aliphatic rings. The van der Waals surface area contributed by atoms with E-state index in [1.165, 1.54) is 0 Å². The van der Waals surface area contributed by atoms with E-state index in [-0.39, 0.29) is 0 Å². The Kier molecular flexibility index (Phi) is 4.59. The fourth-order valence-corrected chi connectivity index (χ4v) is 4.72. The van der Waals surface area contributed by atoms with Gasteiger partial charge in [-0.2, -0.15) is 0 Å². The predicted octanol–water partition coefficient (Wildman–Crippen LogP) is 2.96. The molecule has 26 heavy (non-hydrogen) atoms. The maximum Gasteiger partial charge on any atom is 0.140 e. The van der Waals surface area contributed by atoms with Crippen LogP contribution in [-0.2, 0) is 12.6 Å². The summed E-state index contributed by atoms with van der Waals surface area (Å²) >= 11 is 0. The van der Waals surface area contributed by atoms with Crippen LogP contribution in [0.25, 0.3) is 6.08 Å². The molecular formula is C21H27N3O2. The average molecular weight is 353 g/mol. The molecule has 1 N–H and O–H groups in total. The third-order valence-corrected chi connectivity index (χ3v) is 5.91. The van der Waals surface area contributed by atoms with E-state index in [0.29, 0.717) is 12.1 Å². The van der Waals surface area contributed by atoms with Gasteiger partial charge in [-0.05, 0) is 31.7 Å². The largest absolute Gasteiger partial charge is 0.496 e. The zero-order chi connectivity index (χ0) is 18.1. The van der Waals surface area contributed by atoms with Gasteiger partial charge in [-0.3, -0.25) is 4.90 Å². The van der Waals surface area contributed by atoms with Gasteiger partial charge >= 0.3 is 0 Å². The number of aliphatic hydroxyl groups is 1. The zero-order valence-electron chi connectivity index (χ0n) is 15.5. The minimum absolute atomic E-state index is 0.415. The maximum atomic E-state index is 11.2. The molecule has 138 valence electrons. The second kappa shape index (κ2) is 6.89. The van der Waals surface area contributed by atoms with Crippen molar-refractivity contribution in [1.82, 2.24) is 14.5 Å². The number of aryl methyl sites for hydroxylation is 1. The molecule has 0 amide bonds. The number of ether oxygens (including phenoxy) is 1. The van der Waals surface area contributed by atoms with Crippen LogP contribution in [0.5, 0.6) is 5.75 Å². The van der Waals surface area contributed by atoms with Gasteiger partial charge in [0, 0.05) is 43.6 Å². The first-order chi connectivity index (χ1) is 12.6. The van der Waals surface area contributed by atoms with E-state index >= 15 is 0 Å². The van der Waals surface area contributed by atoms with Crippen molar-refractivity contribution >= 4 is 6.08 Å². The molecule has 0 spiro atoms. The minimum atomic E-state index is -0.799. The summed E-state index contributed by atoms with van der Waals surface area (Å²) in [5.74, 6) is 1.70. The molecule has 4 rings (SSSR count). The molecular weight excluding hydrogens is 326 g/mol. The SMILES string of the molecule is COc1ccccc1/C=C/CN1[C@@H]2CC[C@@H]1CC(O)(c1nccn1C)C2. The zero-order valence-corrected chi connectivity index (χ0v) is 15.5. The van der Waals surface area contributed by atoms with Gasteiger partial charge in [0.1, 0.15) is 17.2 Å². The van der Waals surface area contributed by atoms with E-state index in [1.54, 1.807) is 13.3 Å². The summed E-state index contributed by atoms with van der Waals surface area (Å²) in [6, 6.07) is 8.90. The smallest absolute Gasteiger partial charge is 0.140 e. The van der Waals surface area contributed by atoms with E-state index in [2.05, 4.69) is 28.1 Å². The van der Waals surface area contributed by atoms with Crippen molar-refractivity contribution < 1.29 is 9.84 Å². The van der Waals surface area contributed by atoms with Crippen LogP contribution in [0.3, 0.4) is 0 Å². The Labute approximate surface area is 154 Å². The van der Waals surface area contributed by atoms with Gasteiger partial charge in [-0.15, -0.1) is 0 Å². The van der Waals surface area contributed by atoms with Gasteiger partial charge in [-0.25, -0.2) is 4.98 Å². The lowest BCUT2D eigenvalue weighted by atomic mass is 9.85. The fourth-order valence-electron chi connectivity index (χ4n) is 4.72. The molecule has 0 aliphatic carbocycles. The third-order valence-electron chi connectivity index (χ3n) is 5.91. The molecule has 0 saturated carbocycles. The predicted molar refractivity (Wildman–Crippen MR) is 102 cm³/mol. The number of piperidine rings is 1. The molecule has 2 saturated heterocycles. The van der Waals surface area contributed by atoms with Crippen LogP contribution < -0.4 is 4.74 Å². The van der Waals surface area contributed by atoms with Crippen LogP contribution in [0, 0.1) is 0 Å². The molecule has 0 unspecified atom stereocenters. The number of rotatable bonds is 5. The normalized spacial score (nSPS) is 28.7. The molecule has 2 aliphatic heterocycles. The van der Waals surface area contributed by atoms with Crippen molar-refractivity contribution in [2.24, 2.45) is 7.05 Å². The van der Waals surface area contributed by atoms with Crippen molar-refractivity contribution in [3.05, 3.63) is 54.1 Å². The summed E-state index contributed by atoms with van der Waals surface area (Å²) in [4.78, 5) is 6.97. The lowest BCUT2D eigenvalue weighted by molar-refractivity contribution is -0.0613. The monoisotopic (exact) mass is 353 g/mol. The summed E-state index contributed by atoms with van der Waals surface area (Å²) in [7, 11) is 3.67. The van der Waals surface area contributed by atoms with E-state index < -0.39 is 5.60 Å². The number of aromatic nitrogens is 2. The molecule has 3 heterocycles. The van der Waals surface area contributed by atoms with Crippen molar-refractivity contribution in [1.29, 1.82) is 0 Å². The standard InChI is InChI=1S/C21H27N3O2/c1-23-13-11-22-20(23)21(25)14-17-9-10-18(15-21)24(17)12-5-7-16-6-3-4-8-19(16)26-2/h3-8,11,13,17-18,25H,9-10,12,14-15H2,1-2H3/b7-5+/t17-,18-/m1/s1. The molecule has 2 aromatic rings. The van der Waals surface area contributed by atoms with Crippen LogP contribution >= 0.6 is 0 Å². The minimum Gasteiger partial charge on any atom is -0.496 e. The van der Waals surface area contributed by atoms with Gasteiger partial charge in [-0.1, -0.05) is 30.4 Å². The Hall–Kier alpha value is -2.11. The van der Waals surface area contributed by atoms with Crippen LogP contribution in [-0.4, -0.2) is 45.3 Å². The Morgan fingerprint density at radius 2 is 2.00 bits per heavy atom. The van der Waals surface area contributed by atoms with Crippen LogP contribution in [0.2, 0.25) is 0 Å². The van der Waals surface area contributed by atoms with Gasteiger partial charge in [0.15, 0.2) is 0 Å². The average Bonchev–Trinajstić information content (AvgIpc) is 3.18. The van der Waals surface area contributed by atoms with Gasteiger partial charge in [0.2, 0.25) is 0 Å². The Morgan fingerprint density at radius 1 is 1.27 bits per heavy atom. The fraction of sp³-hybridized carbons (Fsp3) is 0.476. The summed E-state index contributed by atoms with van der Waals surface area (Å²) < 4.78 is 7.37. The first-order valence-corrected chi connectivity index (χ1v) is 9.36. The number of para-hydroxylation sites is 1. The number of nitrogens with zero attached hydrogens (tertiary/aromatic N) is 3. The number of benzene rings is 1. The Bertz CT molecular complexity index is 784. The van der Waals surface area contributed by atoms with Gasteiger partial charge < -0.3 is 14.4 Å². The summed E-state index contributed by atoms with van der Waals surface area (Å²) in [5.41, 5.74) is 0.302. The molecule has 5 nitrogen and oxygen atoms in total. The van der Waals surface area contributed by atoms with E-state index in [9.17, 15) is 5.11 Å². The first-order valence-electron chi connectivity index (χ1n) is 9.36. The van der Waals surface area contributed by atoms with Gasteiger partial charge in [0.25, 0.3) is 0 Å². The second-order valence-corrected chi connectivity index (χ2v) is 7.53. The lowest BCUT2D eigenvalue weighted by Crippen LogP contribution is -2.50. The van der Waals surface area contributed by atoms with Crippen LogP contribution in [0.15, 0.2) is 42.7 Å². The quantitative estimate of drug-likeness (QED) is 0.898. The highest BCUT2D eigenvalue weighted by Crippen LogP contribution is 2.45. The lowest BCUT2D eigenvalue weighted by Gasteiger charge is -2.43. The Balaban J connectivity index is 1.46. The van der Waals surface area contributed by atoms with E-state index in [0.717, 1.165) is 49.4 Å². The molecule has 1 aromatic heterocycles. The third kappa shape index (κ3) is 3.06. The highest BCUT2D eigenvalue weighted by Gasteiger charge is 2.49. The van der Waals surface area contributed by atoms with Crippen molar-refractivity contribution in [2.45, 2.75) is 43.4 Å². The number of hydrogen-bond acceptors (Lipinski definition) is 4. The number of methoxy groups -OCH3 is 1. The van der Waals surface area contributed by atoms with Crippen molar-refractivity contribution in [2.75, 3.05) is 13.7 Å². The molecule has 2 atom stereocenters. The topological polar surface area (TPSA) is 50.5 Å². The molecule has 2 bridgehead atoms. The highest BCUT2D eigenvalue weighted by atomic mass is 16.5. The van der Waals surface area contributed by atoms with Crippen LogP contribution in [0.1, 0.15) is 37.1 Å². The summed E-state index contributed by atoms with van der Waals surface area (Å²) in [6.45, 7) is 0.907. The van der Waals surface area contributed by atoms with Crippen molar-refractivity contribution in [3.63, 3.8) is 0 Å².